The van der Waals surface area contributed by atoms with E-state index in [9.17, 15) is 18.0 Å². The van der Waals surface area contributed by atoms with Crippen molar-refractivity contribution in [3.05, 3.63) is 93.9 Å². The van der Waals surface area contributed by atoms with Crippen LogP contribution in [-0.2, 0) is 26.2 Å². The van der Waals surface area contributed by atoms with Crippen molar-refractivity contribution in [3.63, 3.8) is 0 Å². The van der Waals surface area contributed by atoms with Gasteiger partial charge in [-0.25, -0.2) is 8.42 Å². The molecule has 7 nitrogen and oxygen atoms in total. The summed E-state index contributed by atoms with van der Waals surface area (Å²) in [6.07, 6.45) is 0. The van der Waals surface area contributed by atoms with E-state index >= 15 is 0 Å². The van der Waals surface area contributed by atoms with Gasteiger partial charge in [0.2, 0.25) is 11.8 Å². The first-order valence-electron chi connectivity index (χ1n) is 11.7. The van der Waals surface area contributed by atoms with E-state index in [1.165, 1.54) is 17.0 Å². The minimum Gasteiger partial charge on any atom is -0.352 e. The SMILES string of the molecule is CC(C)NC(=O)[C@@H](C)N(Cc1cccc(Br)c1)C(=O)CN(c1ccccc1Cl)S(=O)(=O)c1ccccc1. The number of para-hydroxylation sites is 1. The van der Waals surface area contributed by atoms with Crippen molar-refractivity contribution in [2.45, 2.75) is 44.3 Å². The highest BCUT2D eigenvalue weighted by Crippen LogP contribution is 2.30. The number of nitrogens with zero attached hydrogens (tertiary/aromatic N) is 2. The van der Waals surface area contributed by atoms with Crippen molar-refractivity contribution in [2.24, 2.45) is 0 Å². The highest BCUT2D eigenvalue weighted by atomic mass is 79.9. The second-order valence-corrected chi connectivity index (χ2v) is 12.0. The molecule has 3 rings (SSSR count). The molecule has 0 saturated carbocycles. The number of sulfonamides is 1. The maximum absolute atomic E-state index is 13.8. The molecule has 0 bridgehead atoms. The van der Waals surface area contributed by atoms with Crippen molar-refractivity contribution in [1.82, 2.24) is 10.2 Å². The van der Waals surface area contributed by atoms with Crippen molar-refractivity contribution in [3.8, 4) is 0 Å². The summed E-state index contributed by atoms with van der Waals surface area (Å²) >= 11 is 9.83. The molecule has 1 N–H and O–H groups in total. The van der Waals surface area contributed by atoms with E-state index in [1.807, 2.05) is 38.1 Å². The predicted molar refractivity (Wildman–Crippen MR) is 150 cm³/mol. The van der Waals surface area contributed by atoms with Gasteiger partial charge >= 0.3 is 0 Å². The summed E-state index contributed by atoms with van der Waals surface area (Å²) in [6, 6.07) is 20.7. The summed E-state index contributed by atoms with van der Waals surface area (Å²) in [7, 11) is -4.16. The summed E-state index contributed by atoms with van der Waals surface area (Å²) in [5.41, 5.74) is 0.949. The minimum atomic E-state index is -4.16. The van der Waals surface area contributed by atoms with Gasteiger partial charge in [-0.15, -0.1) is 0 Å². The topological polar surface area (TPSA) is 86.8 Å². The molecular weight excluding hydrogens is 578 g/mol. The molecule has 3 aromatic rings. The van der Waals surface area contributed by atoms with Crippen LogP contribution in [0.1, 0.15) is 26.3 Å². The van der Waals surface area contributed by atoms with E-state index in [0.717, 1.165) is 14.3 Å². The number of carbonyl (C=O) groups excluding carboxylic acids is 2. The molecule has 0 radical (unpaired) electrons. The lowest BCUT2D eigenvalue weighted by molar-refractivity contribution is -0.139. The number of halogens is 2. The summed E-state index contributed by atoms with van der Waals surface area (Å²) < 4.78 is 29.2. The van der Waals surface area contributed by atoms with E-state index < -0.39 is 28.5 Å². The first-order valence-corrected chi connectivity index (χ1v) is 14.3. The number of benzene rings is 3. The van der Waals surface area contributed by atoms with Gasteiger partial charge in [-0.2, -0.15) is 0 Å². The molecule has 0 aliphatic heterocycles. The molecule has 37 heavy (non-hydrogen) atoms. The van der Waals surface area contributed by atoms with E-state index in [2.05, 4.69) is 21.2 Å². The molecule has 0 saturated heterocycles. The summed E-state index contributed by atoms with van der Waals surface area (Å²) in [6.45, 7) is 4.84. The van der Waals surface area contributed by atoms with Crippen LogP contribution in [0, 0.1) is 0 Å². The Morgan fingerprint density at radius 2 is 1.59 bits per heavy atom. The predicted octanol–water partition coefficient (Wildman–Crippen LogP) is 5.24. The third-order valence-corrected chi connectivity index (χ3v) is 8.16. The fourth-order valence-electron chi connectivity index (χ4n) is 3.71. The van der Waals surface area contributed by atoms with Gasteiger partial charge in [-0.05, 0) is 62.7 Å². The van der Waals surface area contributed by atoms with Crippen LogP contribution in [0.3, 0.4) is 0 Å². The van der Waals surface area contributed by atoms with Gasteiger partial charge in [0.05, 0.1) is 15.6 Å². The second kappa shape index (κ2) is 12.6. The average Bonchev–Trinajstić information content (AvgIpc) is 2.86. The average molecular weight is 607 g/mol. The van der Waals surface area contributed by atoms with Gasteiger partial charge in [0.15, 0.2) is 0 Å². The maximum atomic E-state index is 13.8. The molecule has 2 amide bonds. The Labute approximate surface area is 231 Å². The van der Waals surface area contributed by atoms with Gasteiger partial charge < -0.3 is 10.2 Å². The third kappa shape index (κ3) is 7.34. The molecule has 0 fully saturated rings. The van der Waals surface area contributed by atoms with E-state index in [1.54, 1.807) is 49.4 Å². The molecule has 0 aliphatic carbocycles. The van der Waals surface area contributed by atoms with Gasteiger partial charge in [-0.1, -0.05) is 70.0 Å². The van der Waals surface area contributed by atoms with E-state index in [-0.39, 0.29) is 34.1 Å². The molecule has 0 spiro atoms. The molecule has 3 aromatic carbocycles. The van der Waals surface area contributed by atoms with Crippen molar-refractivity contribution < 1.29 is 18.0 Å². The third-order valence-electron chi connectivity index (χ3n) is 5.57. The molecule has 0 aromatic heterocycles. The quantitative estimate of drug-likeness (QED) is 0.342. The smallest absolute Gasteiger partial charge is 0.264 e. The highest BCUT2D eigenvalue weighted by molar-refractivity contribution is 9.10. The summed E-state index contributed by atoms with van der Waals surface area (Å²) in [4.78, 5) is 28.1. The first kappa shape index (κ1) is 28.7. The van der Waals surface area contributed by atoms with Crippen molar-refractivity contribution in [2.75, 3.05) is 10.8 Å². The van der Waals surface area contributed by atoms with Gasteiger partial charge in [-0.3, -0.25) is 13.9 Å². The van der Waals surface area contributed by atoms with Gasteiger partial charge in [0.25, 0.3) is 10.0 Å². The van der Waals surface area contributed by atoms with Crippen LogP contribution in [0.4, 0.5) is 5.69 Å². The lowest BCUT2D eigenvalue weighted by Crippen LogP contribution is -2.52. The van der Waals surface area contributed by atoms with Gasteiger partial charge in [0, 0.05) is 17.1 Å². The van der Waals surface area contributed by atoms with Crippen molar-refractivity contribution >= 4 is 55.1 Å². The Bertz CT molecular complexity index is 1350. The molecule has 0 heterocycles. The zero-order valence-electron chi connectivity index (χ0n) is 20.8. The summed E-state index contributed by atoms with van der Waals surface area (Å²) in [5.74, 6) is -0.889. The van der Waals surface area contributed by atoms with Crippen molar-refractivity contribution in [1.29, 1.82) is 0 Å². The number of hydrogen-bond acceptors (Lipinski definition) is 4. The van der Waals surface area contributed by atoms with Gasteiger partial charge in [0.1, 0.15) is 12.6 Å². The number of nitrogens with one attached hydrogen (secondary N) is 1. The molecular formula is C27H29BrClN3O4S. The normalized spacial score (nSPS) is 12.2. The summed E-state index contributed by atoms with van der Waals surface area (Å²) in [5, 5.41) is 3.01. The number of amides is 2. The molecule has 0 unspecified atom stereocenters. The Morgan fingerprint density at radius 3 is 2.22 bits per heavy atom. The van der Waals surface area contributed by atoms with Crippen LogP contribution in [0.25, 0.3) is 0 Å². The van der Waals surface area contributed by atoms with Crippen LogP contribution in [0.15, 0.2) is 88.2 Å². The van der Waals surface area contributed by atoms with E-state index in [0.29, 0.717) is 0 Å². The van der Waals surface area contributed by atoms with Crippen LogP contribution >= 0.6 is 27.5 Å². The lowest BCUT2D eigenvalue weighted by atomic mass is 10.1. The number of rotatable bonds is 10. The van der Waals surface area contributed by atoms with Crippen LogP contribution in [0.5, 0.6) is 0 Å². The Balaban J connectivity index is 2.03. The van der Waals surface area contributed by atoms with Crippen LogP contribution < -0.4 is 9.62 Å². The molecule has 1 atom stereocenters. The zero-order chi connectivity index (χ0) is 27.2. The number of hydrogen-bond donors (Lipinski definition) is 1. The number of carbonyl (C=O) groups is 2. The fourth-order valence-corrected chi connectivity index (χ4v) is 5.90. The molecule has 196 valence electrons. The Morgan fingerprint density at radius 1 is 0.946 bits per heavy atom. The van der Waals surface area contributed by atoms with Crippen LogP contribution in [0.2, 0.25) is 5.02 Å². The van der Waals surface area contributed by atoms with E-state index in [4.69, 9.17) is 11.6 Å². The first-order chi connectivity index (χ1) is 17.5. The standard InChI is InChI=1S/C27H29BrClN3O4S/c1-19(2)30-27(34)20(3)31(17-21-10-9-11-22(28)16-21)26(33)18-32(25-15-8-7-14-24(25)29)37(35,36)23-12-5-4-6-13-23/h4-16,19-20H,17-18H2,1-3H3,(H,30,34)/t20-/m1/s1. The largest absolute Gasteiger partial charge is 0.352 e. The highest BCUT2D eigenvalue weighted by Gasteiger charge is 2.33. The monoisotopic (exact) mass is 605 g/mol. The molecule has 0 aliphatic rings. The Hall–Kier alpha value is -2.88. The minimum absolute atomic E-state index is 0.0202. The zero-order valence-corrected chi connectivity index (χ0v) is 23.9. The fraction of sp³-hybridized carbons (Fsp3) is 0.259. The number of anilines is 1. The van der Waals surface area contributed by atoms with Crippen LogP contribution in [-0.4, -0.2) is 43.8 Å². The Kier molecular flexibility index (Phi) is 9.75. The lowest BCUT2D eigenvalue weighted by Gasteiger charge is -2.32. The maximum Gasteiger partial charge on any atom is 0.264 e. The molecule has 10 heteroatoms. The second-order valence-electron chi connectivity index (χ2n) is 8.77.